The predicted octanol–water partition coefficient (Wildman–Crippen LogP) is 2.76. The third kappa shape index (κ3) is 3.66. The fourth-order valence-corrected chi connectivity index (χ4v) is 3.65. The Labute approximate surface area is 144 Å². The van der Waals surface area contributed by atoms with E-state index in [2.05, 4.69) is 31.1 Å². The van der Waals surface area contributed by atoms with E-state index in [1.54, 1.807) is 7.11 Å². The Balaban J connectivity index is 1.77. The molecule has 0 aliphatic carbocycles. The van der Waals surface area contributed by atoms with Gasteiger partial charge in [-0.2, -0.15) is 0 Å². The summed E-state index contributed by atoms with van der Waals surface area (Å²) in [6.45, 7) is 6.10. The Kier molecular flexibility index (Phi) is 4.72. The lowest BCUT2D eigenvalue weighted by Crippen LogP contribution is -2.44. The van der Waals surface area contributed by atoms with Gasteiger partial charge in [0, 0.05) is 24.0 Å². The van der Waals surface area contributed by atoms with Gasteiger partial charge < -0.3 is 19.7 Å². The molecule has 5 heteroatoms. The van der Waals surface area contributed by atoms with Gasteiger partial charge in [0.1, 0.15) is 17.1 Å². The standard InChI is InChI=1S/C19H28N2O3/c1-19(2)12-16(15-6-5-14(23-4)11-17(15)24-19)20-18(22)13-7-9-21(3)10-8-13/h5-6,11,13,16H,7-10,12H2,1-4H3,(H,20,22)/t16-/m1/s1. The highest BCUT2D eigenvalue weighted by Gasteiger charge is 2.36. The van der Waals surface area contributed by atoms with Gasteiger partial charge in [0.05, 0.1) is 13.2 Å². The lowest BCUT2D eigenvalue weighted by molar-refractivity contribution is -0.127. The van der Waals surface area contributed by atoms with E-state index in [-0.39, 0.29) is 23.5 Å². The van der Waals surface area contributed by atoms with E-state index in [9.17, 15) is 4.79 Å². The fourth-order valence-electron chi connectivity index (χ4n) is 3.65. The molecule has 3 rings (SSSR count). The van der Waals surface area contributed by atoms with Crippen molar-refractivity contribution < 1.29 is 14.3 Å². The number of nitrogens with zero attached hydrogens (tertiary/aromatic N) is 1. The van der Waals surface area contributed by atoms with Crippen molar-refractivity contribution in [2.24, 2.45) is 5.92 Å². The van der Waals surface area contributed by atoms with Crippen LogP contribution in [0.2, 0.25) is 0 Å². The molecular formula is C19H28N2O3. The zero-order valence-electron chi connectivity index (χ0n) is 15.1. The molecule has 2 heterocycles. The molecule has 1 amide bonds. The molecular weight excluding hydrogens is 304 g/mol. The maximum Gasteiger partial charge on any atom is 0.223 e. The van der Waals surface area contributed by atoms with Gasteiger partial charge >= 0.3 is 0 Å². The van der Waals surface area contributed by atoms with Crippen molar-refractivity contribution in [1.82, 2.24) is 10.2 Å². The van der Waals surface area contributed by atoms with Crippen LogP contribution in [0.4, 0.5) is 0 Å². The zero-order chi connectivity index (χ0) is 17.3. The number of fused-ring (bicyclic) bond motifs is 1. The molecule has 1 aromatic rings. The van der Waals surface area contributed by atoms with Crippen molar-refractivity contribution in [1.29, 1.82) is 0 Å². The van der Waals surface area contributed by atoms with Crippen LogP contribution in [0.15, 0.2) is 18.2 Å². The minimum Gasteiger partial charge on any atom is -0.497 e. The number of methoxy groups -OCH3 is 1. The van der Waals surface area contributed by atoms with Gasteiger partial charge in [0.2, 0.25) is 5.91 Å². The van der Waals surface area contributed by atoms with E-state index in [0.29, 0.717) is 0 Å². The van der Waals surface area contributed by atoms with Crippen molar-refractivity contribution in [2.45, 2.75) is 44.8 Å². The molecule has 1 fully saturated rings. The average molecular weight is 332 g/mol. The highest BCUT2D eigenvalue weighted by atomic mass is 16.5. The molecule has 0 bridgehead atoms. The molecule has 24 heavy (non-hydrogen) atoms. The Bertz CT molecular complexity index is 607. The van der Waals surface area contributed by atoms with Crippen molar-refractivity contribution in [3.05, 3.63) is 23.8 Å². The summed E-state index contributed by atoms with van der Waals surface area (Å²) in [5, 5.41) is 3.27. The van der Waals surface area contributed by atoms with Crippen molar-refractivity contribution in [2.75, 3.05) is 27.2 Å². The maximum atomic E-state index is 12.7. The number of ether oxygens (including phenoxy) is 2. The van der Waals surface area contributed by atoms with Gasteiger partial charge in [0.25, 0.3) is 0 Å². The van der Waals surface area contributed by atoms with Crippen molar-refractivity contribution in [3.63, 3.8) is 0 Å². The molecule has 0 spiro atoms. The van der Waals surface area contributed by atoms with Gasteiger partial charge in [-0.05, 0) is 59.0 Å². The molecule has 1 N–H and O–H groups in total. The average Bonchev–Trinajstić information content (AvgIpc) is 2.53. The Hall–Kier alpha value is -1.75. The molecule has 1 atom stereocenters. The zero-order valence-corrected chi connectivity index (χ0v) is 15.1. The molecule has 2 aliphatic heterocycles. The first kappa shape index (κ1) is 17.1. The second-order valence-electron chi connectivity index (χ2n) is 7.61. The molecule has 132 valence electrons. The van der Waals surface area contributed by atoms with E-state index >= 15 is 0 Å². The van der Waals surface area contributed by atoms with Crippen LogP contribution in [-0.2, 0) is 4.79 Å². The van der Waals surface area contributed by atoms with Crippen LogP contribution in [0.1, 0.15) is 44.7 Å². The van der Waals surface area contributed by atoms with Crippen molar-refractivity contribution in [3.8, 4) is 11.5 Å². The summed E-state index contributed by atoms with van der Waals surface area (Å²) in [4.78, 5) is 15.0. The fraction of sp³-hybridized carbons (Fsp3) is 0.632. The van der Waals surface area contributed by atoms with Gasteiger partial charge in [0.15, 0.2) is 0 Å². The van der Waals surface area contributed by atoms with Gasteiger partial charge in [-0.15, -0.1) is 0 Å². The largest absolute Gasteiger partial charge is 0.497 e. The lowest BCUT2D eigenvalue weighted by atomic mass is 9.88. The first-order valence-corrected chi connectivity index (χ1v) is 8.74. The smallest absolute Gasteiger partial charge is 0.223 e. The summed E-state index contributed by atoms with van der Waals surface area (Å²) in [6, 6.07) is 5.82. The van der Waals surface area contributed by atoms with Crippen LogP contribution in [0.25, 0.3) is 0 Å². The van der Waals surface area contributed by atoms with Crippen LogP contribution in [0, 0.1) is 5.92 Å². The molecule has 2 aliphatic rings. The highest BCUT2D eigenvalue weighted by molar-refractivity contribution is 5.79. The number of likely N-dealkylation sites (tertiary alicyclic amines) is 1. The van der Waals surface area contributed by atoms with Crippen LogP contribution in [-0.4, -0.2) is 43.7 Å². The summed E-state index contributed by atoms with van der Waals surface area (Å²) in [5.74, 6) is 1.87. The first-order chi connectivity index (χ1) is 11.4. The summed E-state index contributed by atoms with van der Waals surface area (Å²) in [5.41, 5.74) is 0.723. The molecule has 1 saturated heterocycles. The minimum atomic E-state index is -0.315. The Morgan fingerprint density at radius 1 is 1.33 bits per heavy atom. The maximum absolute atomic E-state index is 12.7. The molecule has 0 radical (unpaired) electrons. The van der Waals surface area contributed by atoms with Gasteiger partial charge in [-0.25, -0.2) is 0 Å². The normalized spacial score (nSPS) is 23.9. The van der Waals surface area contributed by atoms with E-state index in [0.717, 1.165) is 49.4 Å². The number of amides is 1. The van der Waals surface area contributed by atoms with E-state index < -0.39 is 0 Å². The number of hydrogen-bond donors (Lipinski definition) is 1. The monoisotopic (exact) mass is 332 g/mol. The second kappa shape index (κ2) is 6.63. The third-order valence-electron chi connectivity index (χ3n) is 5.08. The lowest BCUT2D eigenvalue weighted by Gasteiger charge is -2.39. The Morgan fingerprint density at radius 2 is 2.04 bits per heavy atom. The highest BCUT2D eigenvalue weighted by Crippen LogP contribution is 2.41. The second-order valence-corrected chi connectivity index (χ2v) is 7.61. The number of carbonyl (C=O) groups is 1. The number of nitrogens with one attached hydrogen (secondary N) is 1. The van der Waals surface area contributed by atoms with Crippen LogP contribution >= 0.6 is 0 Å². The summed E-state index contributed by atoms with van der Waals surface area (Å²) in [6.07, 6.45) is 2.64. The number of piperidine rings is 1. The van der Waals surface area contributed by atoms with Crippen LogP contribution in [0.5, 0.6) is 11.5 Å². The van der Waals surface area contributed by atoms with Crippen LogP contribution in [0.3, 0.4) is 0 Å². The predicted molar refractivity (Wildman–Crippen MR) is 93.4 cm³/mol. The van der Waals surface area contributed by atoms with Gasteiger partial charge in [-0.1, -0.05) is 0 Å². The van der Waals surface area contributed by atoms with E-state index in [4.69, 9.17) is 9.47 Å². The summed E-state index contributed by atoms with van der Waals surface area (Å²) >= 11 is 0. The van der Waals surface area contributed by atoms with E-state index in [1.165, 1.54) is 0 Å². The quantitative estimate of drug-likeness (QED) is 0.925. The molecule has 5 nitrogen and oxygen atoms in total. The summed E-state index contributed by atoms with van der Waals surface area (Å²) < 4.78 is 11.4. The van der Waals surface area contributed by atoms with E-state index in [1.807, 2.05) is 18.2 Å². The number of hydrogen-bond acceptors (Lipinski definition) is 4. The number of benzene rings is 1. The molecule has 0 saturated carbocycles. The Morgan fingerprint density at radius 3 is 2.71 bits per heavy atom. The summed E-state index contributed by atoms with van der Waals surface area (Å²) in [7, 11) is 3.76. The molecule has 0 aromatic heterocycles. The van der Waals surface area contributed by atoms with Gasteiger partial charge in [-0.3, -0.25) is 4.79 Å². The number of rotatable bonds is 3. The minimum absolute atomic E-state index is 0.0122. The molecule has 0 unspecified atom stereocenters. The first-order valence-electron chi connectivity index (χ1n) is 8.74. The van der Waals surface area contributed by atoms with Crippen molar-refractivity contribution >= 4 is 5.91 Å². The molecule has 1 aromatic carbocycles. The number of carbonyl (C=O) groups excluding carboxylic acids is 1. The topological polar surface area (TPSA) is 50.8 Å². The third-order valence-corrected chi connectivity index (χ3v) is 5.08. The van der Waals surface area contributed by atoms with Crippen LogP contribution < -0.4 is 14.8 Å². The SMILES string of the molecule is COc1ccc2c(c1)OC(C)(C)C[C@H]2NC(=O)C1CCN(C)CC1.